The smallest absolute Gasteiger partial charge is 0.338 e. The fourth-order valence-corrected chi connectivity index (χ4v) is 5.08. The van der Waals surface area contributed by atoms with Crippen molar-refractivity contribution in [1.82, 2.24) is 10.2 Å². The Bertz CT molecular complexity index is 1220. The summed E-state index contributed by atoms with van der Waals surface area (Å²) in [6.45, 7) is 6.74. The number of thioether (sulfide) groups is 1. The molecule has 1 atom stereocenters. The second kappa shape index (κ2) is 11.5. The highest BCUT2D eigenvalue weighted by Gasteiger charge is 2.42. The van der Waals surface area contributed by atoms with Crippen LogP contribution in [-0.4, -0.2) is 42.2 Å². The Hall–Kier alpha value is -3.52. The minimum atomic E-state index is -0.541. The Kier molecular flexibility index (Phi) is 8.15. The lowest BCUT2D eigenvalue weighted by atomic mass is 9.91. The predicted molar refractivity (Wildman–Crippen MR) is 143 cm³/mol. The summed E-state index contributed by atoms with van der Waals surface area (Å²) in [6, 6.07) is 16.7. The molecule has 2 heterocycles. The summed E-state index contributed by atoms with van der Waals surface area (Å²) in [4.78, 5) is 33.2. The molecule has 0 radical (unpaired) electrons. The van der Waals surface area contributed by atoms with E-state index >= 15 is 0 Å². The second-order valence-corrected chi connectivity index (χ2v) is 9.73. The summed E-state index contributed by atoms with van der Waals surface area (Å²) < 4.78 is 11.0. The first-order valence-corrected chi connectivity index (χ1v) is 12.9. The average Bonchev–Trinajstić information content (AvgIpc) is 3.29. The van der Waals surface area contributed by atoms with Crippen molar-refractivity contribution in [3.05, 3.63) is 82.4 Å². The summed E-state index contributed by atoms with van der Waals surface area (Å²) >= 11 is 1.45. The summed E-state index contributed by atoms with van der Waals surface area (Å²) in [6.07, 6.45) is 0.177. The van der Waals surface area contributed by atoms with Crippen molar-refractivity contribution in [1.29, 1.82) is 0 Å². The molecule has 0 aliphatic carbocycles. The molecule has 2 aromatic carbocycles. The first-order valence-electron chi connectivity index (χ1n) is 12.0. The third kappa shape index (κ3) is 5.49. The maximum absolute atomic E-state index is 13.5. The van der Waals surface area contributed by atoms with E-state index in [1.54, 1.807) is 14.0 Å². The highest BCUT2D eigenvalue weighted by Crippen LogP contribution is 2.47. The minimum Gasteiger partial charge on any atom is -0.497 e. The summed E-state index contributed by atoms with van der Waals surface area (Å²) in [5.74, 6) is 0.515. The summed E-state index contributed by atoms with van der Waals surface area (Å²) in [5.41, 5.74) is 3.44. The van der Waals surface area contributed by atoms with Gasteiger partial charge in [0.25, 0.3) is 0 Å². The lowest BCUT2D eigenvalue weighted by molar-refractivity contribution is -0.139. The quantitative estimate of drug-likeness (QED) is 0.476. The van der Waals surface area contributed by atoms with E-state index < -0.39 is 12.0 Å². The molecule has 36 heavy (non-hydrogen) atoms. The number of hydrogen-bond donors (Lipinski definition) is 1. The molecule has 0 fully saturated rings. The largest absolute Gasteiger partial charge is 0.497 e. The minimum absolute atomic E-state index is 0.0725. The van der Waals surface area contributed by atoms with E-state index in [1.165, 1.54) is 11.8 Å². The number of aliphatic imine (C=N–C) groups is 1. The van der Waals surface area contributed by atoms with Crippen molar-refractivity contribution in [2.45, 2.75) is 33.2 Å². The Morgan fingerprint density at radius 3 is 2.61 bits per heavy atom. The average molecular weight is 506 g/mol. The zero-order valence-electron chi connectivity index (χ0n) is 21.0. The summed E-state index contributed by atoms with van der Waals surface area (Å²) in [5, 5.41) is 5.64. The zero-order valence-corrected chi connectivity index (χ0v) is 21.8. The Balaban J connectivity index is 1.84. The molecule has 0 aromatic heterocycles. The van der Waals surface area contributed by atoms with E-state index in [0.717, 1.165) is 16.8 Å². The van der Waals surface area contributed by atoms with Gasteiger partial charge in [-0.1, -0.05) is 68.1 Å². The van der Waals surface area contributed by atoms with E-state index in [2.05, 4.69) is 19.2 Å². The predicted octanol–water partition coefficient (Wildman–Crippen LogP) is 5.13. The number of methoxy groups -OCH3 is 1. The molecule has 2 aliphatic heterocycles. The molecule has 0 bridgehead atoms. The number of ether oxygens (including phenoxy) is 2. The van der Waals surface area contributed by atoms with Crippen LogP contribution in [0, 0.1) is 5.92 Å². The summed E-state index contributed by atoms with van der Waals surface area (Å²) in [7, 11) is 1.61. The van der Waals surface area contributed by atoms with Gasteiger partial charge in [0.1, 0.15) is 5.75 Å². The number of carbonyl (C=O) groups is 2. The number of fused-ring (bicyclic) bond motifs is 1. The SMILES string of the molecule is CCOC(=O)C1=C(c2ccccc2)N=C2SC=C(CC(=O)NCC(C)C)N2C1c1cccc(OC)c1. The zero-order chi connectivity index (χ0) is 25.7. The molecule has 1 amide bonds. The van der Waals surface area contributed by atoms with Crippen molar-refractivity contribution in [2.75, 3.05) is 20.3 Å². The van der Waals surface area contributed by atoms with Crippen LogP contribution in [0.4, 0.5) is 0 Å². The lowest BCUT2D eigenvalue weighted by Crippen LogP contribution is -2.38. The van der Waals surface area contributed by atoms with Gasteiger partial charge < -0.3 is 19.7 Å². The van der Waals surface area contributed by atoms with Gasteiger partial charge in [-0.25, -0.2) is 9.79 Å². The fraction of sp³-hybridized carbons (Fsp3) is 0.321. The van der Waals surface area contributed by atoms with Gasteiger partial charge in [-0.2, -0.15) is 0 Å². The first kappa shape index (κ1) is 25.6. The van der Waals surface area contributed by atoms with E-state index in [4.69, 9.17) is 14.5 Å². The molecule has 188 valence electrons. The third-order valence-electron chi connectivity index (χ3n) is 5.81. The van der Waals surface area contributed by atoms with Gasteiger partial charge in [-0.3, -0.25) is 4.79 Å². The number of carbonyl (C=O) groups excluding carboxylic acids is 2. The standard InChI is InChI=1S/C28H31N3O4S/c1-5-35-27(33)24-25(19-10-7-6-8-11-19)30-28-31(26(24)20-12-9-13-22(14-20)34-4)21(17-36-28)15-23(32)29-16-18(2)3/h6-14,17-18,26H,5,15-16H2,1-4H3,(H,29,32). The van der Waals surface area contributed by atoms with E-state index in [1.807, 2.05) is 64.9 Å². The molecule has 4 rings (SSSR count). The monoisotopic (exact) mass is 505 g/mol. The van der Waals surface area contributed by atoms with Crippen LogP contribution in [0.2, 0.25) is 0 Å². The number of nitrogens with zero attached hydrogens (tertiary/aromatic N) is 2. The van der Waals surface area contributed by atoms with Gasteiger partial charge in [0, 0.05) is 17.8 Å². The number of esters is 1. The molecule has 0 saturated heterocycles. The molecule has 0 spiro atoms. The Labute approximate surface area is 216 Å². The normalized spacial score (nSPS) is 16.9. The van der Waals surface area contributed by atoms with E-state index in [-0.39, 0.29) is 18.9 Å². The van der Waals surface area contributed by atoms with Gasteiger partial charge in [0.2, 0.25) is 5.91 Å². The van der Waals surface area contributed by atoms with E-state index in [0.29, 0.717) is 34.6 Å². The van der Waals surface area contributed by atoms with Crippen molar-refractivity contribution in [3.8, 4) is 5.75 Å². The number of amides is 1. The second-order valence-electron chi connectivity index (χ2n) is 8.89. The van der Waals surface area contributed by atoms with Crippen LogP contribution < -0.4 is 10.1 Å². The molecule has 8 heteroatoms. The van der Waals surface area contributed by atoms with Crippen LogP contribution in [0.15, 0.2) is 76.3 Å². The lowest BCUT2D eigenvalue weighted by Gasteiger charge is -2.37. The Morgan fingerprint density at radius 1 is 1.14 bits per heavy atom. The molecule has 2 aliphatic rings. The molecule has 0 saturated carbocycles. The van der Waals surface area contributed by atoms with E-state index in [9.17, 15) is 9.59 Å². The molecule has 1 unspecified atom stereocenters. The van der Waals surface area contributed by atoms with Crippen LogP contribution in [-0.2, 0) is 14.3 Å². The number of amidine groups is 1. The van der Waals surface area contributed by atoms with Crippen LogP contribution in [0.1, 0.15) is 44.4 Å². The van der Waals surface area contributed by atoms with Crippen LogP contribution >= 0.6 is 11.8 Å². The fourth-order valence-electron chi connectivity index (χ4n) is 4.16. The van der Waals surface area contributed by atoms with Crippen molar-refractivity contribution in [2.24, 2.45) is 10.9 Å². The topological polar surface area (TPSA) is 80.2 Å². The highest BCUT2D eigenvalue weighted by atomic mass is 32.2. The molecule has 1 N–H and O–H groups in total. The van der Waals surface area contributed by atoms with Crippen LogP contribution in [0.5, 0.6) is 5.75 Å². The van der Waals surface area contributed by atoms with Crippen molar-refractivity contribution < 1.29 is 19.1 Å². The number of benzene rings is 2. The van der Waals surface area contributed by atoms with Crippen molar-refractivity contribution >= 4 is 34.5 Å². The molecule has 7 nitrogen and oxygen atoms in total. The van der Waals surface area contributed by atoms with Crippen LogP contribution in [0.25, 0.3) is 5.70 Å². The number of hydrogen-bond acceptors (Lipinski definition) is 7. The van der Waals surface area contributed by atoms with Gasteiger partial charge in [-0.05, 0) is 35.9 Å². The van der Waals surface area contributed by atoms with Crippen LogP contribution in [0.3, 0.4) is 0 Å². The highest BCUT2D eigenvalue weighted by molar-refractivity contribution is 8.16. The van der Waals surface area contributed by atoms with Gasteiger partial charge >= 0.3 is 5.97 Å². The Morgan fingerprint density at radius 2 is 1.92 bits per heavy atom. The first-order chi connectivity index (χ1) is 17.4. The maximum atomic E-state index is 13.5. The van der Waals surface area contributed by atoms with Gasteiger partial charge in [-0.15, -0.1) is 0 Å². The maximum Gasteiger partial charge on any atom is 0.338 e. The van der Waals surface area contributed by atoms with Crippen molar-refractivity contribution in [3.63, 3.8) is 0 Å². The molecule has 2 aromatic rings. The molecular weight excluding hydrogens is 474 g/mol. The van der Waals surface area contributed by atoms with Gasteiger partial charge in [0.15, 0.2) is 5.17 Å². The molecular formula is C28H31N3O4S. The number of rotatable bonds is 9. The number of nitrogens with one attached hydrogen (secondary N) is 1. The van der Waals surface area contributed by atoms with Gasteiger partial charge in [0.05, 0.1) is 37.4 Å². The third-order valence-corrected chi connectivity index (χ3v) is 6.70.